The quantitative estimate of drug-likeness (QED) is 0.115. The number of aliphatic imine (C=N–C) groups is 1. The largest absolute Gasteiger partial charge is 0.453 e. The van der Waals surface area contributed by atoms with E-state index in [0.717, 1.165) is 70.5 Å². The molecule has 3 aliphatic heterocycles. The third-order valence-electron chi connectivity index (χ3n) is 11.9. The first kappa shape index (κ1) is 41.6. The van der Waals surface area contributed by atoms with Gasteiger partial charge in [-0.3, -0.25) is 19.6 Å². The van der Waals surface area contributed by atoms with Gasteiger partial charge < -0.3 is 34.9 Å². The summed E-state index contributed by atoms with van der Waals surface area (Å²) in [6.45, 7) is 1.15. The number of hydrogen-bond donors (Lipinski definition) is 3. The van der Waals surface area contributed by atoms with Crippen LogP contribution in [-0.2, 0) is 31.9 Å². The molecule has 0 spiro atoms. The fraction of sp³-hybridized carbons (Fsp3) is 0.312. The molecule has 3 aliphatic rings. The SMILES string of the molecule is COC(=O)N[C@@H](Cc1ccccc1)C(=O)N1CCC[C@H]1C1=NC=C(c2ccc(-c3ccc(-c4cnc([C@@H]5CCCN5C(=O)[C@H](Cc5ccccn5)NC(=O)OC)[nH]4)cc3)cc2)C1. The van der Waals surface area contributed by atoms with Crippen LogP contribution in [0, 0.1) is 0 Å². The first-order chi connectivity index (χ1) is 30.3. The highest BCUT2D eigenvalue weighted by atomic mass is 16.5. The standard InChI is InChI=1S/C48H50N8O6/c1-61-47(59)53-39(26-31-10-4-3-5-11-31)45(57)55-24-8-13-42(55)38-27-36(29-50-38)34-17-15-32(16-18-34)33-19-21-35(22-20-33)41-30-51-44(52-41)43-14-9-25-56(43)46(58)40(54-48(60)62-2)28-37-12-6-7-23-49-37/h3-7,10-12,15-23,29-30,39-40,42-43H,8-9,13-14,24-28H2,1-2H3,(H,51,52)(H,53,59)(H,54,60)/t39-,40-,42-,43-/m0/s1. The van der Waals surface area contributed by atoms with Gasteiger partial charge in [0.15, 0.2) is 0 Å². The second-order valence-corrected chi connectivity index (χ2v) is 15.8. The van der Waals surface area contributed by atoms with E-state index in [4.69, 9.17) is 19.5 Å². The van der Waals surface area contributed by atoms with E-state index in [9.17, 15) is 19.2 Å². The topological polar surface area (TPSA) is 171 Å². The molecule has 4 amide bonds. The number of nitrogens with zero attached hydrogens (tertiary/aromatic N) is 5. The second kappa shape index (κ2) is 19.1. The summed E-state index contributed by atoms with van der Waals surface area (Å²) in [6.07, 6.45) is 8.56. The zero-order valence-corrected chi connectivity index (χ0v) is 34.8. The number of carbonyl (C=O) groups is 4. The summed E-state index contributed by atoms with van der Waals surface area (Å²) in [7, 11) is 2.58. The minimum atomic E-state index is -0.835. The molecule has 5 heterocycles. The highest BCUT2D eigenvalue weighted by Crippen LogP contribution is 2.34. The molecule has 0 saturated carbocycles. The molecule has 14 heteroatoms. The molecule has 0 bridgehead atoms. The van der Waals surface area contributed by atoms with Gasteiger partial charge in [0.25, 0.3) is 0 Å². The number of pyridine rings is 1. The van der Waals surface area contributed by atoms with Gasteiger partial charge in [0.1, 0.15) is 17.9 Å². The van der Waals surface area contributed by atoms with Crippen molar-refractivity contribution >= 4 is 35.3 Å². The number of imidazole rings is 1. The maximum Gasteiger partial charge on any atom is 0.407 e. The number of ether oxygens (including phenoxy) is 2. The van der Waals surface area contributed by atoms with Gasteiger partial charge in [-0.2, -0.15) is 0 Å². The third kappa shape index (κ3) is 9.44. The van der Waals surface area contributed by atoms with Crippen molar-refractivity contribution in [1.29, 1.82) is 0 Å². The van der Waals surface area contributed by atoms with Crippen LogP contribution in [0.5, 0.6) is 0 Å². The molecule has 0 unspecified atom stereocenters. The molecular weight excluding hydrogens is 785 g/mol. The first-order valence-corrected chi connectivity index (χ1v) is 21.0. The fourth-order valence-electron chi connectivity index (χ4n) is 8.67. The molecule has 4 atom stereocenters. The Kier molecular flexibility index (Phi) is 12.8. The van der Waals surface area contributed by atoms with E-state index in [-0.39, 0.29) is 30.3 Å². The van der Waals surface area contributed by atoms with Crippen molar-refractivity contribution in [2.24, 2.45) is 4.99 Å². The fourth-order valence-corrected chi connectivity index (χ4v) is 8.67. The molecule has 14 nitrogen and oxygen atoms in total. The summed E-state index contributed by atoms with van der Waals surface area (Å²) in [6, 6.07) is 29.9. The zero-order chi connectivity index (χ0) is 43.0. The molecule has 3 N–H and O–H groups in total. The van der Waals surface area contributed by atoms with Gasteiger partial charge in [-0.25, -0.2) is 14.6 Å². The molecule has 62 heavy (non-hydrogen) atoms. The van der Waals surface area contributed by atoms with Gasteiger partial charge in [-0.05, 0) is 71.2 Å². The Bertz CT molecular complexity index is 2430. The summed E-state index contributed by atoms with van der Waals surface area (Å²) < 4.78 is 9.68. The number of nitrogens with one attached hydrogen (secondary N) is 3. The minimum absolute atomic E-state index is 0.133. The maximum atomic E-state index is 13.9. The van der Waals surface area contributed by atoms with Gasteiger partial charge >= 0.3 is 12.2 Å². The summed E-state index contributed by atoms with van der Waals surface area (Å²) in [5.74, 6) is 0.357. The molecule has 5 aromatic rings. The predicted octanol–water partition coefficient (Wildman–Crippen LogP) is 6.91. The van der Waals surface area contributed by atoms with E-state index in [2.05, 4.69) is 69.1 Å². The minimum Gasteiger partial charge on any atom is -0.453 e. The number of hydrogen-bond acceptors (Lipinski definition) is 9. The Morgan fingerprint density at radius 3 is 1.90 bits per heavy atom. The lowest BCUT2D eigenvalue weighted by Crippen LogP contribution is -2.52. The highest BCUT2D eigenvalue weighted by Gasteiger charge is 2.38. The lowest BCUT2D eigenvalue weighted by Gasteiger charge is -2.29. The number of aromatic amines is 1. The molecular formula is C48H50N8O6. The Morgan fingerprint density at radius 1 is 0.694 bits per heavy atom. The average Bonchev–Trinajstić information content (AvgIpc) is 4.16. The Balaban J connectivity index is 0.887. The van der Waals surface area contributed by atoms with E-state index in [0.29, 0.717) is 37.4 Å². The van der Waals surface area contributed by atoms with Crippen LogP contribution in [0.1, 0.15) is 60.8 Å². The van der Waals surface area contributed by atoms with Crippen LogP contribution in [-0.4, -0.2) is 99.9 Å². The lowest BCUT2D eigenvalue weighted by atomic mass is 9.96. The normalized spacial score (nSPS) is 18.1. The van der Waals surface area contributed by atoms with Gasteiger partial charge in [-0.1, -0.05) is 84.9 Å². The van der Waals surface area contributed by atoms with Crippen LogP contribution in [0.25, 0.3) is 28.0 Å². The Labute approximate surface area is 360 Å². The van der Waals surface area contributed by atoms with Crippen molar-refractivity contribution in [3.05, 3.63) is 138 Å². The maximum absolute atomic E-state index is 13.9. The van der Waals surface area contributed by atoms with Crippen molar-refractivity contribution in [1.82, 2.24) is 35.4 Å². The molecule has 2 aromatic heterocycles. The summed E-state index contributed by atoms with van der Waals surface area (Å²) in [4.78, 5) is 73.3. The van der Waals surface area contributed by atoms with E-state index >= 15 is 0 Å². The molecule has 0 radical (unpaired) electrons. The van der Waals surface area contributed by atoms with Crippen LogP contribution in [0.4, 0.5) is 9.59 Å². The van der Waals surface area contributed by atoms with Crippen LogP contribution in [0.15, 0.2) is 121 Å². The molecule has 8 rings (SSSR count). The average molecular weight is 835 g/mol. The summed E-state index contributed by atoms with van der Waals surface area (Å²) in [5.41, 5.74) is 8.71. The first-order valence-electron chi connectivity index (χ1n) is 21.0. The smallest absolute Gasteiger partial charge is 0.407 e. The summed E-state index contributed by atoms with van der Waals surface area (Å²) in [5, 5.41) is 5.47. The van der Waals surface area contributed by atoms with E-state index in [1.807, 2.05) is 53.6 Å². The number of benzene rings is 3. The van der Waals surface area contributed by atoms with Gasteiger partial charge in [0.2, 0.25) is 11.8 Å². The second-order valence-electron chi connectivity index (χ2n) is 15.8. The molecule has 3 aromatic carbocycles. The van der Waals surface area contributed by atoms with E-state index < -0.39 is 24.3 Å². The number of aromatic nitrogens is 3. The summed E-state index contributed by atoms with van der Waals surface area (Å²) >= 11 is 0. The predicted molar refractivity (Wildman–Crippen MR) is 235 cm³/mol. The van der Waals surface area contributed by atoms with Crippen molar-refractivity contribution < 1.29 is 28.7 Å². The van der Waals surface area contributed by atoms with Gasteiger partial charge in [-0.15, -0.1) is 0 Å². The number of allylic oxidation sites excluding steroid dienone is 1. The molecule has 318 valence electrons. The van der Waals surface area contributed by atoms with Gasteiger partial charge in [0.05, 0.1) is 38.2 Å². The van der Waals surface area contributed by atoms with Crippen LogP contribution < -0.4 is 10.6 Å². The van der Waals surface area contributed by atoms with Crippen molar-refractivity contribution in [2.45, 2.75) is 69.1 Å². The number of carbonyl (C=O) groups excluding carboxylic acids is 4. The third-order valence-corrected chi connectivity index (χ3v) is 11.9. The Morgan fingerprint density at radius 2 is 1.27 bits per heavy atom. The molecule has 2 saturated heterocycles. The number of H-pyrrole nitrogens is 1. The highest BCUT2D eigenvalue weighted by molar-refractivity contribution is 6.04. The number of methoxy groups -OCH3 is 2. The lowest BCUT2D eigenvalue weighted by molar-refractivity contribution is -0.134. The van der Waals surface area contributed by atoms with Crippen LogP contribution in [0.3, 0.4) is 0 Å². The van der Waals surface area contributed by atoms with Crippen LogP contribution >= 0.6 is 0 Å². The number of alkyl carbamates (subject to hydrolysis) is 2. The number of likely N-dealkylation sites (tertiary alicyclic amines) is 2. The monoisotopic (exact) mass is 834 g/mol. The zero-order valence-electron chi connectivity index (χ0n) is 34.8. The van der Waals surface area contributed by atoms with E-state index in [1.165, 1.54) is 14.2 Å². The van der Waals surface area contributed by atoms with Crippen LogP contribution in [0.2, 0.25) is 0 Å². The van der Waals surface area contributed by atoms with Gasteiger partial charge in [0, 0.05) is 56.2 Å². The molecule has 0 aliphatic carbocycles. The molecule has 2 fully saturated rings. The van der Waals surface area contributed by atoms with Crippen molar-refractivity contribution in [3.8, 4) is 22.4 Å². The number of amides is 4. The Hall–Kier alpha value is -7.09. The van der Waals surface area contributed by atoms with Crippen molar-refractivity contribution in [3.63, 3.8) is 0 Å². The van der Waals surface area contributed by atoms with E-state index in [1.54, 1.807) is 23.4 Å². The number of rotatable bonds is 13. The van der Waals surface area contributed by atoms with Crippen molar-refractivity contribution in [2.75, 3.05) is 27.3 Å².